The second-order valence-electron chi connectivity index (χ2n) is 16.8. The van der Waals surface area contributed by atoms with E-state index in [1.807, 2.05) is 34.8 Å². The summed E-state index contributed by atoms with van der Waals surface area (Å²) in [5.41, 5.74) is 3.46. The molecule has 0 radical (unpaired) electrons. The number of pyridine rings is 1. The Balaban J connectivity index is 0.751. The number of hydrogen-bond acceptors (Lipinski definition) is 9. The topological polar surface area (TPSA) is 153 Å². The maximum atomic E-state index is 15.1. The molecule has 9 rings (SSSR count). The second-order valence-corrected chi connectivity index (χ2v) is 16.8. The number of nitrogens with zero attached hydrogens (tertiary/aromatic N) is 9. The van der Waals surface area contributed by atoms with Gasteiger partial charge in [-0.1, -0.05) is 24.3 Å². The van der Waals surface area contributed by atoms with Gasteiger partial charge in [0.05, 0.1) is 28.7 Å². The summed E-state index contributed by atoms with van der Waals surface area (Å²) in [6, 6.07) is 13.8. The standard InChI is InChI=1S/C44H51FN10O5/c1-2-51-27-31(8-10-39(51)56)32-23-38-41(46-24-32)44(60)54-12-11-30(26-55(38)54)25-49-13-15-50(16-14-49)28-40(57)52-17-19-53(20-18-52)43(59)35-21-29(7-9-36(35)45)22-37-33-5-3-4-6-34(33)42(58)48-47-37/h3-7,9,21,23-24,30-31H,2,8,10-20,22,25-28H2,1H3,(H,48,58). The largest absolute Gasteiger partial charge is 0.342 e. The number of likely N-dealkylation sites (tertiary alicyclic amines) is 1. The number of aromatic nitrogens is 5. The zero-order valence-corrected chi connectivity index (χ0v) is 34.0. The Bertz CT molecular complexity index is 2570. The van der Waals surface area contributed by atoms with Crippen molar-refractivity contribution in [2.24, 2.45) is 5.92 Å². The van der Waals surface area contributed by atoms with Crippen LogP contribution in [-0.2, 0) is 29.1 Å². The van der Waals surface area contributed by atoms with E-state index in [2.05, 4.69) is 35.7 Å². The maximum Gasteiger partial charge on any atom is 0.293 e. The highest BCUT2D eigenvalue weighted by atomic mass is 19.1. The molecule has 7 heterocycles. The summed E-state index contributed by atoms with van der Waals surface area (Å²) < 4.78 is 19.0. The lowest BCUT2D eigenvalue weighted by Gasteiger charge is -2.39. The number of amides is 3. The lowest BCUT2D eigenvalue weighted by Crippen LogP contribution is -2.55. The summed E-state index contributed by atoms with van der Waals surface area (Å²) in [6.07, 6.45) is 4.39. The zero-order valence-electron chi connectivity index (χ0n) is 34.0. The molecule has 2 aromatic carbocycles. The molecule has 15 nitrogen and oxygen atoms in total. The molecular weight excluding hydrogens is 768 g/mol. The van der Waals surface area contributed by atoms with Gasteiger partial charge in [0.2, 0.25) is 11.8 Å². The van der Waals surface area contributed by atoms with Crippen molar-refractivity contribution in [1.29, 1.82) is 0 Å². The number of piperidine rings is 1. The van der Waals surface area contributed by atoms with E-state index in [0.717, 1.165) is 63.2 Å². The average molecular weight is 819 g/mol. The van der Waals surface area contributed by atoms with Gasteiger partial charge in [-0.15, -0.1) is 0 Å². The SMILES string of the molecule is CCN1CC(c2cnc3c(=O)n4n(c3c2)CC(CN2CCN(CC(=O)N3CCN(C(=O)c5cc(Cc6n[nH]c(=O)c7ccccc67)ccc5F)CC3)CC2)CC4)CCC1=O. The average Bonchev–Trinajstić information content (AvgIpc) is 3.55. The van der Waals surface area contributed by atoms with Crippen LogP contribution in [0, 0.1) is 11.7 Å². The van der Waals surface area contributed by atoms with Crippen molar-refractivity contribution >= 4 is 39.5 Å². The van der Waals surface area contributed by atoms with E-state index in [9.17, 15) is 24.0 Å². The number of carbonyl (C=O) groups is 3. The monoisotopic (exact) mass is 818 g/mol. The summed E-state index contributed by atoms with van der Waals surface area (Å²) in [6.45, 7) is 10.7. The fourth-order valence-corrected chi connectivity index (χ4v) is 9.58. The van der Waals surface area contributed by atoms with Crippen LogP contribution >= 0.6 is 0 Å². The molecular formula is C44H51FN10O5. The number of hydrogen-bond donors (Lipinski definition) is 1. The van der Waals surface area contributed by atoms with Gasteiger partial charge in [-0.25, -0.2) is 19.2 Å². The lowest BCUT2D eigenvalue weighted by molar-refractivity contribution is -0.134. The number of nitrogens with one attached hydrogen (secondary N) is 1. The van der Waals surface area contributed by atoms with Crippen LogP contribution in [0.25, 0.3) is 21.8 Å². The minimum Gasteiger partial charge on any atom is -0.342 e. The lowest BCUT2D eigenvalue weighted by atomic mass is 9.91. The summed E-state index contributed by atoms with van der Waals surface area (Å²) in [4.78, 5) is 79.4. The molecule has 0 spiro atoms. The fraction of sp³-hybridized carbons (Fsp3) is 0.477. The Morgan fingerprint density at radius 1 is 0.833 bits per heavy atom. The normalized spacial score (nSPS) is 20.6. The number of fused-ring (bicyclic) bond motifs is 4. The molecule has 4 aliphatic rings. The molecule has 60 heavy (non-hydrogen) atoms. The fourth-order valence-electron chi connectivity index (χ4n) is 9.58. The molecule has 2 atom stereocenters. The highest BCUT2D eigenvalue weighted by molar-refractivity contribution is 5.95. The summed E-state index contributed by atoms with van der Waals surface area (Å²) >= 11 is 0. The predicted molar refractivity (Wildman–Crippen MR) is 223 cm³/mol. The number of piperazine rings is 2. The molecule has 3 aromatic heterocycles. The van der Waals surface area contributed by atoms with Crippen molar-refractivity contribution in [1.82, 2.24) is 49.0 Å². The van der Waals surface area contributed by atoms with Gasteiger partial charge in [0.1, 0.15) is 5.82 Å². The van der Waals surface area contributed by atoms with Gasteiger partial charge in [-0.05, 0) is 61.1 Å². The van der Waals surface area contributed by atoms with E-state index in [1.54, 1.807) is 34.1 Å². The highest BCUT2D eigenvalue weighted by Crippen LogP contribution is 2.30. The first-order valence-electron chi connectivity index (χ1n) is 21.3. The minimum absolute atomic E-state index is 0.0211. The van der Waals surface area contributed by atoms with Crippen LogP contribution in [0.1, 0.15) is 59.3 Å². The molecule has 2 unspecified atom stereocenters. The van der Waals surface area contributed by atoms with E-state index >= 15 is 4.39 Å². The van der Waals surface area contributed by atoms with Crippen LogP contribution in [0.5, 0.6) is 0 Å². The maximum absolute atomic E-state index is 15.1. The molecule has 3 amide bonds. The summed E-state index contributed by atoms with van der Waals surface area (Å²) in [7, 11) is 0. The first-order chi connectivity index (χ1) is 29.1. The zero-order chi connectivity index (χ0) is 41.5. The van der Waals surface area contributed by atoms with Crippen molar-refractivity contribution in [3.63, 3.8) is 0 Å². The van der Waals surface area contributed by atoms with E-state index in [1.165, 1.54) is 6.07 Å². The van der Waals surface area contributed by atoms with Crippen LogP contribution in [-0.4, -0.2) is 145 Å². The van der Waals surface area contributed by atoms with E-state index in [0.29, 0.717) is 98.7 Å². The van der Waals surface area contributed by atoms with Crippen molar-refractivity contribution in [3.8, 4) is 0 Å². The van der Waals surface area contributed by atoms with Crippen molar-refractivity contribution < 1.29 is 18.8 Å². The van der Waals surface area contributed by atoms with Gasteiger partial charge in [-0.3, -0.25) is 33.6 Å². The number of aromatic amines is 1. The molecule has 3 fully saturated rings. The van der Waals surface area contributed by atoms with Crippen molar-refractivity contribution in [2.45, 2.75) is 51.6 Å². The Labute approximate surface area is 346 Å². The van der Waals surface area contributed by atoms with Gasteiger partial charge in [0, 0.05) is 115 Å². The Morgan fingerprint density at radius 2 is 1.58 bits per heavy atom. The predicted octanol–water partition coefficient (Wildman–Crippen LogP) is 2.51. The quantitative estimate of drug-likeness (QED) is 0.237. The number of H-pyrrole nitrogens is 1. The smallest absolute Gasteiger partial charge is 0.293 e. The first-order valence-corrected chi connectivity index (χ1v) is 21.3. The van der Waals surface area contributed by atoms with Crippen LogP contribution in [0.3, 0.4) is 0 Å². The molecule has 0 aliphatic carbocycles. The Morgan fingerprint density at radius 3 is 2.37 bits per heavy atom. The Kier molecular flexibility index (Phi) is 11.1. The first kappa shape index (κ1) is 39.7. The van der Waals surface area contributed by atoms with E-state index < -0.39 is 11.7 Å². The van der Waals surface area contributed by atoms with Crippen LogP contribution in [0.2, 0.25) is 0 Å². The molecule has 3 saturated heterocycles. The van der Waals surface area contributed by atoms with E-state index in [4.69, 9.17) is 0 Å². The molecule has 0 saturated carbocycles. The van der Waals surface area contributed by atoms with Crippen molar-refractivity contribution in [2.75, 3.05) is 78.5 Å². The third kappa shape index (κ3) is 7.85. The van der Waals surface area contributed by atoms with Gasteiger partial charge >= 0.3 is 0 Å². The molecule has 0 bridgehead atoms. The molecule has 1 N–H and O–H groups in total. The third-order valence-corrected chi connectivity index (χ3v) is 13.1. The second kappa shape index (κ2) is 16.7. The third-order valence-electron chi connectivity index (χ3n) is 13.1. The number of likely N-dealkylation sites (N-methyl/N-ethyl adjacent to an activating group) is 1. The molecule has 16 heteroatoms. The highest BCUT2D eigenvalue weighted by Gasteiger charge is 2.31. The van der Waals surface area contributed by atoms with Crippen LogP contribution in [0.15, 0.2) is 64.3 Å². The van der Waals surface area contributed by atoms with Crippen LogP contribution < -0.4 is 11.1 Å². The molecule has 5 aromatic rings. The number of rotatable bonds is 9. The summed E-state index contributed by atoms with van der Waals surface area (Å²) in [5.74, 6) is -0.192. The molecule has 4 aliphatic heterocycles. The minimum atomic E-state index is -0.604. The van der Waals surface area contributed by atoms with Gasteiger partial charge in [0.15, 0.2) is 5.52 Å². The van der Waals surface area contributed by atoms with Crippen molar-refractivity contribution in [3.05, 3.63) is 104 Å². The van der Waals surface area contributed by atoms with Gasteiger partial charge < -0.3 is 19.6 Å². The van der Waals surface area contributed by atoms with E-state index in [-0.39, 0.29) is 34.4 Å². The van der Waals surface area contributed by atoms with Gasteiger partial charge in [0.25, 0.3) is 17.0 Å². The number of carbonyl (C=O) groups excluding carboxylic acids is 3. The van der Waals surface area contributed by atoms with Crippen LogP contribution in [0.4, 0.5) is 4.39 Å². The molecule has 314 valence electrons. The number of benzene rings is 2. The Hall–Kier alpha value is -5.74. The van der Waals surface area contributed by atoms with Gasteiger partial charge in [-0.2, -0.15) is 5.10 Å². The number of halogens is 1. The summed E-state index contributed by atoms with van der Waals surface area (Å²) in [5, 5.41) is 7.98.